The Labute approximate surface area is 164 Å². The normalized spacial score (nSPS) is 23.5. The summed E-state index contributed by atoms with van der Waals surface area (Å²) in [7, 11) is -4.12. The average molecular weight is 436 g/mol. The monoisotopic (exact) mass is 435 g/mol. The minimum Gasteiger partial charge on any atom is -0.480 e. The molecule has 27 heavy (non-hydrogen) atoms. The second-order valence-corrected chi connectivity index (χ2v) is 8.89. The van der Waals surface area contributed by atoms with E-state index in [1.165, 1.54) is 18.2 Å². The van der Waals surface area contributed by atoms with Crippen molar-refractivity contribution in [2.45, 2.75) is 29.8 Å². The van der Waals surface area contributed by atoms with Gasteiger partial charge in [-0.25, -0.2) is 22.9 Å². The van der Waals surface area contributed by atoms with Crippen molar-refractivity contribution in [1.82, 2.24) is 14.5 Å². The number of amides is 3. The Balaban J connectivity index is 1.94. The van der Waals surface area contributed by atoms with Gasteiger partial charge in [0.2, 0.25) is 15.9 Å². The summed E-state index contributed by atoms with van der Waals surface area (Å²) in [5.74, 6) is -2.22. The Morgan fingerprint density at radius 1 is 1.15 bits per heavy atom. The highest BCUT2D eigenvalue weighted by Crippen LogP contribution is 2.31. The average Bonchev–Trinajstić information content (AvgIpc) is 3.20. The summed E-state index contributed by atoms with van der Waals surface area (Å²) in [5.41, 5.74) is 0. The molecular weight excluding hydrogens is 421 g/mol. The van der Waals surface area contributed by atoms with Crippen LogP contribution in [0.1, 0.15) is 12.8 Å². The summed E-state index contributed by atoms with van der Waals surface area (Å²) in [6.07, 6.45) is 0.555. The molecule has 0 spiro atoms. The lowest BCUT2D eigenvalue weighted by molar-refractivity contribution is -0.147. The molecule has 2 atom stereocenters. The summed E-state index contributed by atoms with van der Waals surface area (Å²) < 4.78 is 26.9. The highest BCUT2D eigenvalue weighted by Gasteiger charge is 2.48. The molecule has 0 aliphatic carbocycles. The zero-order chi connectivity index (χ0) is 19.9. The number of benzene rings is 1. The van der Waals surface area contributed by atoms with Crippen molar-refractivity contribution in [2.75, 3.05) is 13.1 Å². The fraction of sp³-hybridized carbons (Fsp3) is 0.400. The third-order valence-corrected chi connectivity index (χ3v) is 6.75. The molecule has 2 N–H and O–H groups in total. The zero-order valence-electron chi connectivity index (χ0n) is 13.8. The molecule has 0 bridgehead atoms. The summed E-state index contributed by atoms with van der Waals surface area (Å²) in [6, 6.07) is 0.383. The van der Waals surface area contributed by atoms with Crippen molar-refractivity contribution in [3.63, 3.8) is 0 Å². The van der Waals surface area contributed by atoms with Gasteiger partial charge in [-0.3, -0.25) is 4.79 Å². The van der Waals surface area contributed by atoms with Gasteiger partial charge in [-0.1, -0.05) is 23.2 Å². The third-order valence-electron chi connectivity index (χ3n) is 4.43. The number of hydrogen-bond donors (Lipinski definition) is 2. The first-order chi connectivity index (χ1) is 12.6. The van der Waals surface area contributed by atoms with Crippen LogP contribution < -0.4 is 5.32 Å². The minimum atomic E-state index is -4.12. The second kappa shape index (κ2) is 7.27. The molecule has 3 amide bonds. The van der Waals surface area contributed by atoms with Gasteiger partial charge in [0.1, 0.15) is 6.04 Å². The predicted molar refractivity (Wildman–Crippen MR) is 95.0 cm³/mol. The van der Waals surface area contributed by atoms with E-state index in [-0.39, 0.29) is 34.5 Å². The smallest absolute Gasteiger partial charge is 0.328 e. The lowest BCUT2D eigenvalue weighted by atomic mass is 10.2. The number of urea groups is 1. The molecule has 2 aliphatic heterocycles. The van der Waals surface area contributed by atoms with Crippen LogP contribution in [-0.4, -0.2) is 65.8 Å². The molecule has 3 rings (SSSR count). The summed E-state index contributed by atoms with van der Waals surface area (Å²) in [5, 5.41) is 11.7. The number of sulfonamides is 1. The maximum absolute atomic E-state index is 13.0. The number of carbonyl (C=O) groups excluding carboxylic acids is 2. The molecule has 12 heteroatoms. The molecule has 2 fully saturated rings. The van der Waals surface area contributed by atoms with Gasteiger partial charge in [0.25, 0.3) is 0 Å². The number of carboxylic acid groups (broad SMARTS) is 1. The highest BCUT2D eigenvalue weighted by atomic mass is 35.5. The number of carboxylic acids is 1. The number of halogens is 2. The highest BCUT2D eigenvalue weighted by molar-refractivity contribution is 7.89. The van der Waals surface area contributed by atoms with Crippen LogP contribution in [0.4, 0.5) is 4.79 Å². The van der Waals surface area contributed by atoms with Crippen LogP contribution in [0.3, 0.4) is 0 Å². The Kier molecular flexibility index (Phi) is 5.35. The number of carbonyl (C=O) groups is 3. The quantitative estimate of drug-likeness (QED) is 0.730. The van der Waals surface area contributed by atoms with Crippen molar-refractivity contribution < 1.29 is 27.9 Å². The number of nitrogens with one attached hydrogen (secondary N) is 1. The first kappa shape index (κ1) is 19.9. The Bertz CT molecular complexity index is 902. The van der Waals surface area contributed by atoms with Gasteiger partial charge in [-0.15, -0.1) is 0 Å². The van der Waals surface area contributed by atoms with Gasteiger partial charge in [-0.05, 0) is 31.0 Å². The standard InChI is InChI=1S/C15H15Cl2N3O6S/c16-8-4-9(17)6-10(5-8)27(25,26)19-3-1-2-11(19)13(21)20-12(14(22)23)7-18-15(20)24/h4-6,11-12H,1-3,7H2,(H,18,24)(H,22,23)/t11-,12+/m1/s1. The third kappa shape index (κ3) is 3.62. The van der Waals surface area contributed by atoms with Crippen LogP contribution in [0.25, 0.3) is 0 Å². The molecule has 0 aromatic heterocycles. The molecule has 0 unspecified atom stereocenters. The fourth-order valence-electron chi connectivity index (χ4n) is 3.20. The van der Waals surface area contributed by atoms with Crippen LogP contribution in [0.2, 0.25) is 10.0 Å². The van der Waals surface area contributed by atoms with Crippen molar-refractivity contribution in [3.8, 4) is 0 Å². The van der Waals surface area contributed by atoms with Crippen molar-refractivity contribution in [2.24, 2.45) is 0 Å². The van der Waals surface area contributed by atoms with E-state index in [0.717, 1.165) is 4.31 Å². The molecular formula is C15H15Cl2N3O6S. The van der Waals surface area contributed by atoms with E-state index in [1.54, 1.807) is 0 Å². The topological polar surface area (TPSA) is 124 Å². The Morgan fingerprint density at radius 2 is 1.78 bits per heavy atom. The van der Waals surface area contributed by atoms with Crippen molar-refractivity contribution in [3.05, 3.63) is 28.2 Å². The van der Waals surface area contributed by atoms with Crippen molar-refractivity contribution in [1.29, 1.82) is 0 Å². The molecule has 9 nitrogen and oxygen atoms in total. The number of rotatable bonds is 4. The summed E-state index contributed by atoms with van der Waals surface area (Å²) in [6.45, 7) is -0.181. The van der Waals surface area contributed by atoms with Crippen LogP contribution in [0.5, 0.6) is 0 Å². The van der Waals surface area contributed by atoms with Gasteiger partial charge in [0.15, 0.2) is 6.04 Å². The summed E-state index contributed by atoms with van der Waals surface area (Å²) in [4.78, 5) is 36.5. The second-order valence-electron chi connectivity index (χ2n) is 6.13. The van der Waals surface area contributed by atoms with Gasteiger partial charge in [-0.2, -0.15) is 4.31 Å². The van der Waals surface area contributed by atoms with Crippen LogP contribution in [0, 0.1) is 0 Å². The molecule has 1 aromatic carbocycles. The van der Waals surface area contributed by atoms with E-state index < -0.39 is 40.0 Å². The van der Waals surface area contributed by atoms with E-state index in [1.807, 2.05) is 0 Å². The van der Waals surface area contributed by atoms with Gasteiger partial charge < -0.3 is 10.4 Å². The Hall–Kier alpha value is -1.88. The number of aliphatic carboxylic acids is 1. The fourth-order valence-corrected chi connectivity index (χ4v) is 5.58. The largest absolute Gasteiger partial charge is 0.480 e. The molecule has 2 aliphatic rings. The Morgan fingerprint density at radius 3 is 2.37 bits per heavy atom. The van der Waals surface area contributed by atoms with Gasteiger partial charge in [0, 0.05) is 16.6 Å². The van der Waals surface area contributed by atoms with E-state index in [9.17, 15) is 27.9 Å². The zero-order valence-corrected chi connectivity index (χ0v) is 16.1. The molecule has 1 aromatic rings. The first-order valence-electron chi connectivity index (χ1n) is 7.94. The number of nitrogens with zero attached hydrogens (tertiary/aromatic N) is 2. The first-order valence-corrected chi connectivity index (χ1v) is 10.1. The van der Waals surface area contributed by atoms with Gasteiger partial charge >= 0.3 is 12.0 Å². The molecule has 2 heterocycles. The maximum Gasteiger partial charge on any atom is 0.328 e. The summed E-state index contributed by atoms with van der Waals surface area (Å²) >= 11 is 11.8. The van der Waals surface area contributed by atoms with Crippen LogP contribution in [-0.2, 0) is 19.6 Å². The number of hydrogen-bond acceptors (Lipinski definition) is 5. The van der Waals surface area contributed by atoms with E-state index in [0.29, 0.717) is 11.3 Å². The van der Waals surface area contributed by atoms with Crippen LogP contribution in [0.15, 0.2) is 23.1 Å². The van der Waals surface area contributed by atoms with E-state index in [2.05, 4.69) is 5.32 Å². The molecule has 0 saturated carbocycles. The molecule has 0 radical (unpaired) electrons. The maximum atomic E-state index is 13.0. The SMILES string of the molecule is O=C(O)[C@@H]1CNC(=O)N1C(=O)[C@H]1CCCN1S(=O)(=O)c1cc(Cl)cc(Cl)c1. The number of imide groups is 1. The van der Waals surface area contributed by atoms with E-state index >= 15 is 0 Å². The van der Waals surface area contributed by atoms with Gasteiger partial charge in [0.05, 0.1) is 11.4 Å². The van der Waals surface area contributed by atoms with Crippen molar-refractivity contribution >= 4 is 51.1 Å². The van der Waals surface area contributed by atoms with Crippen LogP contribution >= 0.6 is 23.2 Å². The predicted octanol–water partition coefficient (Wildman–Crippen LogP) is 1.15. The molecule has 2 saturated heterocycles. The lowest BCUT2D eigenvalue weighted by Gasteiger charge is -2.27. The lowest BCUT2D eigenvalue weighted by Crippen LogP contribution is -2.52. The minimum absolute atomic E-state index is 0.0517. The molecule has 146 valence electrons. The van der Waals surface area contributed by atoms with E-state index in [4.69, 9.17) is 23.2 Å².